The van der Waals surface area contributed by atoms with Crippen LogP contribution in [-0.2, 0) is 6.42 Å². The third-order valence-electron chi connectivity index (χ3n) is 3.79. The van der Waals surface area contributed by atoms with Gasteiger partial charge in [-0.1, -0.05) is 13.8 Å². The Balaban J connectivity index is 2.30. The lowest BCUT2D eigenvalue weighted by atomic mass is 9.82. The van der Waals surface area contributed by atoms with Crippen molar-refractivity contribution in [1.82, 2.24) is 5.32 Å². The Morgan fingerprint density at radius 2 is 2.11 bits per heavy atom. The second-order valence-corrected chi connectivity index (χ2v) is 6.76. The Labute approximate surface area is 121 Å². The average Bonchev–Trinajstić information content (AvgIpc) is 2.77. The largest absolute Gasteiger partial charge is 0.311 e. The molecule has 0 saturated carbocycles. The third-order valence-corrected chi connectivity index (χ3v) is 4.40. The Bertz CT molecular complexity index is 454. The predicted molar refractivity (Wildman–Crippen MR) is 77.2 cm³/mol. The van der Waals surface area contributed by atoms with Crippen LogP contribution >= 0.6 is 15.9 Å². The third kappa shape index (κ3) is 3.34. The average molecular weight is 332 g/mol. The van der Waals surface area contributed by atoms with Crippen molar-refractivity contribution in [2.75, 3.05) is 6.54 Å². The molecule has 1 unspecified atom stereocenters. The van der Waals surface area contributed by atoms with Crippen molar-refractivity contribution >= 4 is 15.9 Å². The van der Waals surface area contributed by atoms with Crippen LogP contribution in [0.5, 0.6) is 0 Å². The lowest BCUT2D eigenvalue weighted by Gasteiger charge is -2.32. The van der Waals surface area contributed by atoms with Crippen LogP contribution in [0.2, 0.25) is 0 Å². The summed E-state index contributed by atoms with van der Waals surface area (Å²) in [5.41, 5.74) is 0.0424. The van der Waals surface area contributed by atoms with Gasteiger partial charge in [0.25, 0.3) is 0 Å². The molecule has 1 aliphatic rings. The van der Waals surface area contributed by atoms with Crippen molar-refractivity contribution in [2.45, 2.75) is 45.1 Å². The van der Waals surface area contributed by atoms with E-state index in [-0.39, 0.29) is 11.1 Å². The van der Waals surface area contributed by atoms with E-state index in [4.69, 9.17) is 0 Å². The molecule has 1 atom stereocenters. The Hall–Kier alpha value is -0.480. The molecule has 1 aromatic carbocycles. The summed E-state index contributed by atoms with van der Waals surface area (Å²) in [5.74, 6) is -0.404. The molecule has 1 aliphatic heterocycles. The van der Waals surface area contributed by atoms with Crippen molar-refractivity contribution in [3.05, 3.63) is 33.8 Å². The minimum Gasteiger partial charge on any atom is -0.311 e. The minimum absolute atomic E-state index is 0.156. The fraction of sp³-hybridized carbons (Fsp3) is 0.600. The molecule has 1 heterocycles. The van der Waals surface area contributed by atoms with Crippen molar-refractivity contribution in [2.24, 2.45) is 5.92 Å². The minimum atomic E-state index is -0.461. The molecule has 4 heteroatoms. The number of benzene rings is 1. The van der Waals surface area contributed by atoms with Gasteiger partial charge < -0.3 is 5.32 Å². The number of halogens is 3. The van der Waals surface area contributed by atoms with Gasteiger partial charge in [-0.05, 0) is 66.2 Å². The Morgan fingerprint density at radius 1 is 1.37 bits per heavy atom. The molecule has 0 aromatic heterocycles. The maximum atomic E-state index is 14.1. The molecule has 19 heavy (non-hydrogen) atoms. The van der Waals surface area contributed by atoms with Gasteiger partial charge in [-0.25, -0.2) is 8.78 Å². The van der Waals surface area contributed by atoms with Gasteiger partial charge in [-0.15, -0.1) is 0 Å². The van der Waals surface area contributed by atoms with E-state index in [9.17, 15) is 8.78 Å². The highest BCUT2D eigenvalue weighted by molar-refractivity contribution is 9.10. The Kier molecular flexibility index (Phi) is 4.62. The van der Waals surface area contributed by atoms with Gasteiger partial charge in [0.15, 0.2) is 0 Å². The standard InChI is InChI=1S/C15H20BrF2N/c1-10(2)8-15(6-3-7-19-15)9-11-13(17)5-4-12(16)14(11)18/h4-5,10,19H,3,6-9H2,1-2H3. The molecule has 0 amide bonds. The van der Waals surface area contributed by atoms with Crippen LogP contribution in [0.4, 0.5) is 8.78 Å². The fourth-order valence-electron chi connectivity index (χ4n) is 3.12. The second-order valence-electron chi connectivity index (χ2n) is 5.91. The van der Waals surface area contributed by atoms with Crippen LogP contribution in [-0.4, -0.2) is 12.1 Å². The first-order valence-corrected chi connectivity index (χ1v) is 7.60. The molecule has 1 saturated heterocycles. The number of nitrogens with one attached hydrogen (secondary N) is 1. The van der Waals surface area contributed by atoms with E-state index in [1.54, 1.807) is 0 Å². The maximum absolute atomic E-state index is 14.1. The fourth-order valence-corrected chi connectivity index (χ4v) is 3.49. The lowest BCUT2D eigenvalue weighted by molar-refractivity contribution is 0.294. The molecule has 0 bridgehead atoms. The lowest BCUT2D eigenvalue weighted by Crippen LogP contribution is -2.43. The Morgan fingerprint density at radius 3 is 2.68 bits per heavy atom. The summed E-state index contributed by atoms with van der Waals surface area (Å²) < 4.78 is 28.3. The van der Waals surface area contributed by atoms with Crippen LogP contribution in [0, 0.1) is 17.6 Å². The highest BCUT2D eigenvalue weighted by Gasteiger charge is 2.35. The highest BCUT2D eigenvalue weighted by atomic mass is 79.9. The van der Waals surface area contributed by atoms with E-state index >= 15 is 0 Å². The summed E-state index contributed by atoms with van der Waals surface area (Å²) in [6, 6.07) is 2.76. The van der Waals surface area contributed by atoms with E-state index in [1.165, 1.54) is 12.1 Å². The number of hydrogen-bond donors (Lipinski definition) is 1. The van der Waals surface area contributed by atoms with E-state index in [2.05, 4.69) is 35.1 Å². The molecule has 1 aromatic rings. The van der Waals surface area contributed by atoms with Gasteiger partial charge in [0.05, 0.1) is 4.47 Å². The quantitative estimate of drug-likeness (QED) is 0.804. The molecular formula is C15H20BrF2N. The van der Waals surface area contributed by atoms with Gasteiger partial charge >= 0.3 is 0 Å². The maximum Gasteiger partial charge on any atom is 0.143 e. The van der Waals surface area contributed by atoms with Crippen LogP contribution in [0.1, 0.15) is 38.7 Å². The van der Waals surface area contributed by atoms with Crippen molar-refractivity contribution in [1.29, 1.82) is 0 Å². The first kappa shape index (κ1) is 14.9. The van der Waals surface area contributed by atoms with Gasteiger partial charge in [0, 0.05) is 11.1 Å². The first-order chi connectivity index (χ1) is 8.93. The van der Waals surface area contributed by atoms with Crippen LogP contribution in [0.25, 0.3) is 0 Å². The monoisotopic (exact) mass is 331 g/mol. The van der Waals surface area contributed by atoms with E-state index in [0.29, 0.717) is 16.8 Å². The molecule has 2 rings (SSSR count). The van der Waals surface area contributed by atoms with E-state index < -0.39 is 11.6 Å². The zero-order valence-corrected chi connectivity index (χ0v) is 13.0. The SMILES string of the molecule is CC(C)CC1(Cc2c(F)ccc(Br)c2F)CCCN1. The number of rotatable bonds is 4. The molecule has 1 N–H and O–H groups in total. The number of hydrogen-bond acceptors (Lipinski definition) is 1. The zero-order valence-electron chi connectivity index (χ0n) is 11.4. The smallest absolute Gasteiger partial charge is 0.143 e. The van der Waals surface area contributed by atoms with E-state index in [0.717, 1.165) is 25.8 Å². The summed E-state index contributed by atoms with van der Waals surface area (Å²) in [6.45, 7) is 5.23. The summed E-state index contributed by atoms with van der Waals surface area (Å²) in [7, 11) is 0. The molecule has 1 fully saturated rings. The molecule has 106 valence electrons. The van der Waals surface area contributed by atoms with Crippen LogP contribution in [0.3, 0.4) is 0 Å². The first-order valence-electron chi connectivity index (χ1n) is 6.81. The highest BCUT2D eigenvalue weighted by Crippen LogP contribution is 2.33. The van der Waals surface area contributed by atoms with Crippen LogP contribution in [0.15, 0.2) is 16.6 Å². The van der Waals surface area contributed by atoms with Crippen molar-refractivity contribution in [3.8, 4) is 0 Å². The summed E-state index contributed by atoms with van der Waals surface area (Å²) >= 11 is 3.14. The van der Waals surface area contributed by atoms with Gasteiger partial charge in [0.2, 0.25) is 0 Å². The summed E-state index contributed by atoms with van der Waals surface area (Å²) in [6.07, 6.45) is 3.42. The normalized spacial score (nSPS) is 23.3. The van der Waals surface area contributed by atoms with Gasteiger partial charge in [0.1, 0.15) is 11.6 Å². The molecule has 0 spiro atoms. The predicted octanol–water partition coefficient (Wildman–Crippen LogP) is 4.44. The molecule has 0 radical (unpaired) electrons. The topological polar surface area (TPSA) is 12.0 Å². The van der Waals surface area contributed by atoms with Crippen molar-refractivity contribution in [3.63, 3.8) is 0 Å². The zero-order chi connectivity index (χ0) is 14.0. The van der Waals surface area contributed by atoms with Crippen LogP contribution < -0.4 is 5.32 Å². The summed E-state index contributed by atoms with van der Waals surface area (Å²) in [5, 5.41) is 3.48. The van der Waals surface area contributed by atoms with E-state index in [1.807, 2.05) is 0 Å². The van der Waals surface area contributed by atoms with Crippen molar-refractivity contribution < 1.29 is 8.78 Å². The summed E-state index contributed by atoms with van der Waals surface area (Å²) in [4.78, 5) is 0. The molecule has 1 nitrogen and oxygen atoms in total. The molecule has 0 aliphatic carbocycles. The molecular weight excluding hydrogens is 312 g/mol. The van der Waals surface area contributed by atoms with Gasteiger partial charge in [-0.3, -0.25) is 0 Å². The van der Waals surface area contributed by atoms with Gasteiger partial charge in [-0.2, -0.15) is 0 Å². The second kappa shape index (κ2) is 5.88.